The van der Waals surface area contributed by atoms with E-state index in [0.717, 1.165) is 17.5 Å². The first kappa shape index (κ1) is 18.3. The molecule has 2 rings (SSSR count). The van der Waals surface area contributed by atoms with E-state index in [1.165, 1.54) is 11.6 Å². The minimum Gasteiger partial charge on any atom is -0.479 e. The summed E-state index contributed by atoms with van der Waals surface area (Å²) in [5.74, 6) is 0.490. The van der Waals surface area contributed by atoms with Crippen LogP contribution in [0.25, 0.3) is 6.08 Å². The summed E-state index contributed by atoms with van der Waals surface area (Å²) in [4.78, 5) is 12.1. The molecule has 0 aliphatic carbocycles. The van der Waals surface area contributed by atoms with Crippen molar-refractivity contribution in [3.8, 4) is 11.8 Å². The molecular weight excluding hydrogens is 312 g/mol. The molecule has 0 aliphatic heterocycles. The first-order chi connectivity index (χ1) is 12.1. The molecule has 4 nitrogen and oxygen atoms in total. The van der Waals surface area contributed by atoms with Gasteiger partial charge < -0.3 is 10.1 Å². The van der Waals surface area contributed by atoms with Gasteiger partial charge in [0.25, 0.3) is 0 Å². The number of hydrogen-bond donors (Lipinski definition) is 1. The molecule has 4 heteroatoms. The topological polar surface area (TPSA) is 62.1 Å². The van der Waals surface area contributed by atoms with Gasteiger partial charge in [0.05, 0.1) is 6.04 Å². The van der Waals surface area contributed by atoms with Crippen molar-refractivity contribution in [3.63, 3.8) is 0 Å². The molecule has 1 amide bonds. The average Bonchev–Trinajstić information content (AvgIpc) is 2.65. The lowest BCUT2D eigenvalue weighted by atomic mass is 10.0. The van der Waals surface area contributed by atoms with Crippen LogP contribution in [0.4, 0.5) is 0 Å². The van der Waals surface area contributed by atoms with Gasteiger partial charge in [0.2, 0.25) is 5.91 Å². The fraction of sp³-hybridized carbons (Fsp3) is 0.238. The highest BCUT2D eigenvalue weighted by atomic mass is 16.5. The van der Waals surface area contributed by atoms with E-state index in [4.69, 9.17) is 10.00 Å². The van der Waals surface area contributed by atoms with Crippen LogP contribution in [0.15, 0.2) is 54.6 Å². The Labute approximate surface area is 148 Å². The molecule has 1 unspecified atom stereocenters. The Morgan fingerprint density at radius 2 is 1.88 bits per heavy atom. The lowest BCUT2D eigenvalue weighted by molar-refractivity contribution is -0.117. The fourth-order valence-electron chi connectivity index (χ4n) is 2.35. The molecular formula is C21H22N2O2. The second-order valence-electron chi connectivity index (χ2n) is 5.67. The maximum Gasteiger partial charge on any atom is 0.244 e. The Morgan fingerprint density at radius 1 is 1.20 bits per heavy atom. The third-order valence-electron chi connectivity index (χ3n) is 3.86. The van der Waals surface area contributed by atoms with Gasteiger partial charge >= 0.3 is 0 Å². The Bertz CT molecular complexity index is 756. The smallest absolute Gasteiger partial charge is 0.244 e. The van der Waals surface area contributed by atoms with Crippen LogP contribution < -0.4 is 10.1 Å². The summed E-state index contributed by atoms with van der Waals surface area (Å²) >= 11 is 0. The Morgan fingerprint density at radius 3 is 2.48 bits per heavy atom. The molecule has 0 heterocycles. The molecule has 0 aliphatic rings. The predicted molar refractivity (Wildman–Crippen MR) is 99.0 cm³/mol. The number of nitrogens with one attached hydrogen (secondary N) is 1. The quantitative estimate of drug-likeness (QED) is 0.777. The zero-order chi connectivity index (χ0) is 18.1. The summed E-state index contributed by atoms with van der Waals surface area (Å²) in [6.45, 7) is 4.11. The third-order valence-corrected chi connectivity index (χ3v) is 3.86. The molecule has 2 aromatic carbocycles. The summed E-state index contributed by atoms with van der Waals surface area (Å²) in [5, 5.41) is 11.4. The van der Waals surface area contributed by atoms with Crippen LogP contribution in [-0.4, -0.2) is 12.5 Å². The highest BCUT2D eigenvalue weighted by Gasteiger charge is 2.07. The molecule has 0 saturated carbocycles. The number of ether oxygens (including phenoxy) is 1. The Kier molecular flexibility index (Phi) is 6.79. The molecule has 128 valence electrons. The lowest BCUT2D eigenvalue weighted by Gasteiger charge is -2.13. The van der Waals surface area contributed by atoms with E-state index in [0.29, 0.717) is 5.75 Å². The number of hydrogen-bond acceptors (Lipinski definition) is 3. The van der Waals surface area contributed by atoms with Crippen molar-refractivity contribution in [3.05, 3.63) is 71.3 Å². The second kappa shape index (κ2) is 9.29. The first-order valence-electron chi connectivity index (χ1n) is 8.29. The van der Waals surface area contributed by atoms with Crippen LogP contribution in [0.3, 0.4) is 0 Å². The SMILES string of the molecule is CCc1ccc(C(C)NC(=O)/C=C/c2ccc(OCC#N)cc2)cc1. The Hall–Kier alpha value is -3.06. The van der Waals surface area contributed by atoms with Gasteiger partial charge in [-0.25, -0.2) is 0 Å². The molecule has 0 radical (unpaired) electrons. The van der Waals surface area contributed by atoms with E-state index in [2.05, 4.69) is 24.4 Å². The van der Waals surface area contributed by atoms with E-state index in [9.17, 15) is 4.79 Å². The molecule has 0 fully saturated rings. The van der Waals surface area contributed by atoms with Crippen molar-refractivity contribution in [2.24, 2.45) is 0 Å². The van der Waals surface area contributed by atoms with Gasteiger partial charge in [0.1, 0.15) is 11.8 Å². The molecule has 25 heavy (non-hydrogen) atoms. The van der Waals surface area contributed by atoms with Gasteiger partial charge in [0.15, 0.2) is 6.61 Å². The standard InChI is InChI=1S/C21H22N2O2/c1-3-17-4-9-19(10-5-17)16(2)23-21(24)13-8-18-6-11-20(12-7-18)25-15-14-22/h4-13,16H,3,15H2,1-2H3,(H,23,24)/b13-8+. The van der Waals surface area contributed by atoms with Gasteiger partial charge in [-0.15, -0.1) is 0 Å². The summed E-state index contributed by atoms with van der Waals surface area (Å²) < 4.78 is 5.19. The molecule has 1 N–H and O–H groups in total. The van der Waals surface area contributed by atoms with Crippen molar-refractivity contribution in [2.75, 3.05) is 6.61 Å². The second-order valence-corrected chi connectivity index (χ2v) is 5.67. The van der Waals surface area contributed by atoms with E-state index >= 15 is 0 Å². The van der Waals surface area contributed by atoms with E-state index in [1.807, 2.05) is 37.3 Å². The van der Waals surface area contributed by atoms with Crippen LogP contribution >= 0.6 is 0 Å². The normalized spacial score (nSPS) is 11.7. The molecule has 1 atom stereocenters. The maximum atomic E-state index is 12.1. The molecule has 0 spiro atoms. The van der Waals surface area contributed by atoms with Crippen LogP contribution in [0.5, 0.6) is 5.75 Å². The third kappa shape index (κ3) is 5.82. The number of benzene rings is 2. The monoisotopic (exact) mass is 334 g/mol. The van der Waals surface area contributed by atoms with Crippen LogP contribution in [-0.2, 0) is 11.2 Å². The summed E-state index contributed by atoms with van der Waals surface area (Å²) in [5.41, 5.74) is 3.25. The van der Waals surface area contributed by atoms with E-state index < -0.39 is 0 Å². The van der Waals surface area contributed by atoms with Gasteiger partial charge in [-0.3, -0.25) is 4.79 Å². The minimum absolute atomic E-state index is 0.0225. The Balaban J connectivity index is 1.90. The fourth-order valence-corrected chi connectivity index (χ4v) is 2.35. The highest BCUT2D eigenvalue weighted by molar-refractivity contribution is 5.91. The van der Waals surface area contributed by atoms with Gasteiger partial charge in [-0.1, -0.05) is 43.3 Å². The summed E-state index contributed by atoms with van der Waals surface area (Å²) in [6, 6.07) is 17.4. The van der Waals surface area contributed by atoms with Crippen molar-refractivity contribution in [1.82, 2.24) is 5.32 Å². The maximum absolute atomic E-state index is 12.1. The number of aryl methyl sites for hydroxylation is 1. The molecule has 0 saturated heterocycles. The van der Waals surface area contributed by atoms with E-state index in [-0.39, 0.29) is 18.6 Å². The zero-order valence-electron chi connectivity index (χ0n) is 14.5. The predicted octanol–water partition coefficient (Wildman–Crippen LogP) is 4.04. The summed E-state index contributed by atoms with van der Waals surface area (Å²) in [6.07, 6.45) is 4.27. The van der Waals surface area contributed by atoms with Gasteiger partial charge in [-0.05, 0) is 48.2 Å². The van der Waals surface area contributed by atoms with Crippen molar-refractivity contribution < 1.29 is 9.53 Å². The number of carbonyl (C=O) groups is 1. The number of nitriles is 1. The highest BCUT2D eigenvalue weighted by Crippen LogP contribution is 2.15. The van der Waals surface area contributed by atoms with Crippen molar-refractivity contribution in [1.29, 1.82) is 5.26 Å². The average molecular weight is 334 g/mol. The van der Waals surface area contributed by atoms with Gasteiger partial charge in [-0.2, -0.15) is 5.26 Å². The van der Waals surface area contributed by atoms with Crippen LogP contribution in [0, 0.1) is 11.3 Å². The number of amides is 1. The van der Waals surface area contributed by atoms with Crippen molar-refractivity contribution >= 4 is 12.0 Å². The number of rotatable bonds is 7. The molecule has 0 bridgehead atoms. The zero-order valence-corrected chi connectivity index (χ0v) is 14.5. The minimum atomic E-state index is -0.142. The van der Waals surface area contributed by atoms with Crippen molar-refractivity contribution in [2.45, 2.75) is 26.3 Å². The molecule has 2 aromatic rings. The van der Waals surface area contributed by atoms with Crippen LogP contribution in [0.1, 0.15) is 36.6 Å². The number of carbonyl (C=O) groups excluding carboxylic acids is 1. The summed E-state index contributed by atoms with van der Waals surface area (Å²) in [7, 11) is 0. The lowest BCUT2D eigenvalue weighted by Crippen LogP contribution is -2.24. The molecule has 0 aromatic heterocycles. The van der Waals surface area contributed by atoms with Crippen LogP contribution in [0.2, 0.25) is 0 Å². The number of nitrogens with zero attached hydrogens (tertiary/aromatic N) is 1. The van der Waals surface area contributed by atoms with Gasteiger partial charge in [0, 0.05) is 6.08 Å². The first-order valence-corrected chi connectivity index (χ1v) is 8.29. The largest absolute Gasteiger partial charge is 0.479 e. The van der Waals surface area contributed by atoms with E-state index in [1.54, 1.807) is 18.2 Å².